The minimum Gasteiger partial charge on any atom is -0.464 e. The van der Waals surface area contributed by atoms with Gasteiger partial charge in [0.1, 0.15) is 11.3 Å². The van der Waals surface area contributed by atoms with Gasteiger partial charge in [0.2, 0.25) is 0 Å². The molecule has 0 saturated carbocycles. The van der Waals surface area contributed by atoms with E-state index in [0.29, 0.717) is 0 Å². The molecule has 0 N–H and O–H groups in total. The summed E-state index contributed by atoms with van der Waals surface area (Å²) in [5.74, 6) is -1.13. The standard InChI is InChI=1S/C14H10ClF3N4O2/c1-21-11(13(23)24-2)9(14(16,17)18)10(20-21)8-4-3-7(15)12-19-5-6-22(8)12/h3-6H,1-2H3. The van der Waals surface area contributed by atoms with E-state index in [1.807, 2.05) is 0 Å². The third-order valence-electron chi connectivity index (χ3n) is 3.45. The summed E-state index contributed by atoms with van der Waals surface area (Å²) in [5, 5.41) is 4.16. The Balaban J connectivity index is 2.38. The summed E-state index contributed by atoms with van der Waals surface area (Å²) in [4.78, 5) is 15.8. The lowest BCUT2D eigenvalue weighted by Crippen LogP contribution is -2.16. The number of hydrogen-bond donors (Lipinski definition) is 0. The zero-order valence-corrected chi connectivity index (χ0v) is 13.2. The van der Waals surface area contributed by atoms with Gasteiger partial charge in [-0.3, -0.25) is 9.08 Å². The van der Waals surface area contributed by atoms with Crippen LogP contribution >= 0.6 is 11.6 Å². The normalized spacial score (nSPS) is 11.9. The number of nitrogens with zero attached hydrogens (tertiary/aromatic N) is 4. The molecular formula is C14H10ClF3N4O2. The maximum Gasteiger partial charge on any atom is 0.420 e. The Morgan fingerprint density at radius 2 is 2.04 bits per heavy atom. The molecule has 0 spiro atoms. The van der Waals surface area contributed by atoms with Crippen LogP contribution in [0.3, 0.4) is 0 Å². The van der Waals surface area contributed by atoms with Gasteiger partial charge in [-0.2, -0.15) is 18.3 Å². The highest BCUT2D eigenvalue weighted by atomic mass is 35.5. The van der Waals surface area contributed by atoms with Crippen molar-refractivity contribution < 1.29 is 22.7 Å². The highest BCUT2D eigenvalue weighted by Gasteiger charge is 2.43. The summed E-state index contributed by atoms with van der Waals surface area (Å²) in [6.45, 7) is 0. The first-order valence-electron chi connectivity index (χ1n) is 6.60. The number of carbonyl (C=O) groups is 1. The Labute approximate surface area is 138 Å². The summed E-state index contributed by atoms with van der Waals surface area (Å²) in [5.41, 5.74) is -1.88. The Morgan fingerprint density at radius 1 is 1.33 bits per heavy atom. The fraction of sp³-hybridized carbons (Fsp3) is 0.214. The lowest BCUT2D eigenvalue weighted by molar-refractivity contribution is -0.137. The molecule has 3 aromatic heterocycles. The quantitative estimate of drug-likeness (QED) is 0.660. The number of ether oxygens (including phenoxy) is 1. The molecule has 3 rings (SSSR count). The molecule has 0 aliphatic carbocycles. The molecule has 0 bridgehead atoms. The van der Waals surface area contributed by atoms with Gasteiger partial charge in [-0.25, -0.2) is 9.78 Å². The number of alkyl halides is 3. The SMILES string of the molecule is COC(=O)c1c(C(F)(F)F)c(-c2ccc(Cl)c3nccn23)nn1C. The fourth-order valence-electron chi connectivity index (χ4n) is 2.48. The molecular weight excluding hydrogens is 349 g/mol. The minimum atomic E-state index is -4.81. The highest BCUT2D eigenvalue weighted by Crippen LogP contribution is 2.39. The van der Waals surface area contributed by atoms with Crippen molar-refractivity contribution in [3.8, 4) is 11.4 Å². The first-order valence-corrected chi connectivity index (χ1v) is 6.98. The van der Waals surface area contributed by atoms with E-state index in [1.54, 1.807) is 0 Å². The average molecular weight is 359 g/mol. The van der Waals surface area contributed by atoms with Gasteiger partial charge in [-0.1, -0.05) is 11.6 Å². The van der Waals surface area contributed by atoms with E-state index < -0.39 is 29.1 Å². The van der Waals surface area contributed by atoms with Crippen LogP contribution in [-0.2, 0) is 18.0 Å². The predicted octanol–water partition coefficient (Wildman–Crippen LogP) is 3.19. The molecule has 10 heteroatoms. The second-order valence-electron chi connectivity index (χ2n) is 4.87. The molecule has 6 nitrogen and oxygen atoms in total. The van der Waals surface area contributed by atoms with Crippen molar-refractivity contribution >= 4 is 23.2 Å². The lowest BCUT2D eigenvalue weighted by atomic mass is 10.1. The van der Waals surface area contributed by atoms with Crippen LogP contribution in [0.25, 0.3) is 17.0 Å². The van der Waals surface area contributed by atoms with Gasteiger partial charge in [0.15, 0.2) is 11.3 Å². The first-order chi connectivity index (χ1) is 11.3. The molecule has 0 unspecified atom stereocenters. The van der Waals surface area contributed by atoms with Gasteiger partial charge in [-0.15, -0.1) is 0 Å². The van der Waals surface area contributed by atoms with E-state index in [1.165, 1.54) is 36.0 Å². The van der Waals surface area contributed by atoms with Gasteiger partial charge in [-0.05, 0) is 12.1 Å². The predicted molar refractivity (Wildman–Crippen MR) is 78.7 cm³/mol. The minimum absolute atomic E-state index is 0.102. The van der Waals surface area contributed by atoms with Crippen LogP contribution in [0, 0.1) is 0 Å². The fourth-order valence-corrected chi connectivity index (χ4v) is 2.68. The van der Waals surface area contributed by atoms with Crippen molar-refractivity contribution in [2.45, 2.75) is 6.18 Å². The van der Waals surface area contributed by atoms with Crippen molar-refractivity contribution in [1.29, 1.82) is 0 Å². The van der Waals surface area contributed by atoms with Crippen LogP contribution < -0.4 is 0 Å². The molecule has 3 aromatic rings. The molecule has 126 valence electrons. The Bertz CT molecular complexity index is 946. The van der Waals surface area contributed by atoms with E-state index in [4.69, 9.17) is 11.6 Å². The molecule has 0 saturated heterocycles. The van der Waals surface area contributed by atoms with Crippen molar-refractivity contribution in [2.75, 3.05) is 7.11 Å². The molecule has 24 heavy (non-hydrogen) atoms. The van der Waals surface area contributed by atoms with E-state index in [0.717, 1.165) is 11.8 Å². The molecule has 0 aromatic carbocycles. The number of hydrogen-bond acceptors (Lipinski definition) is 4. The van der Waals surface area contributed by atoms with Gasteiger partial charge in [0.25, 0.3) is 0 Å². The molecule has 0 amide bonds. The number of pyridine rings is 1. The number of methoxy groups -OCH3 is 1. The second kappa shape index (κ2) is 5.52. The van der Waals surface area contributed by atoms with E-state index in [9.17, 15) is 18.0 Å². The van der Waals surface area contributed by atoms with Crippen LogP contribution in [0.1, 0.15) is 16.1 Å². The summed E-state index contributed by atoms with van der Waals surface area (Å²) in [6, 6.07) is 2.81. The number of aromatic nitrogens is 4. The molecule has 0 atom stereocenters. The van der Waals surface area contributed by atoms with Gasteiger partial charge in [0.05, 0.1) is 17.8 Å². The molecule has 0 aliphatic heterocycles. The molecule has 0 radical (unpaired) electrons. The summed E-state index contributed by atoms with van der Waals surface area (Å²) in [6.07, 6.45) is -1.94. The van der Waals surface area contributed by atoms with Crippen LogP contribution in [0.4, 0.5) is 13.2 Å². The number of esters is 1. The second-order valence-corrected chi connectivity index (χ2v) is 5.28. The summed E-state index contributed by atoms with van der Waals surface area (Å²) >= 11 is 5.99. The molecule has 0 fully saturated rings. The smallest absolute Gasteiger partial charge is 0.420 e. The van der Waals surface area contributed by atoms with Crippen molar-refractivity contribution in [1.82, 2.24) is 19.2 Å². The highest BCUT2D eigenvalue weighted by molar-refractivity contribution is 6.33. The number of halogens is 4. The molecule has 0 aliphatic rings. The topological polar surface area (TPSA) is 61.4 Å². The van der Waals surface area contributed by atoms with Crippen molar-refractivity contribution in [2.24, 2.45) is 7.05 Å². The Kier molecular flexibility index (Phi) is 3.75. The largest absolute Gasteiger partial charge is 0.464 e. The lowest BCUT2D eigenvalue weighted by Gasteiger charge is -2.10. The average Bonchev–Trinajstić information content (AvgIpc) is 3.11. The summed E-state index contributed by atoms with van der Waals surface area (Å²) in [7, 11) is 2.25. The van der Waals surface area contributed by atoms with Gasteiger partial charge in [0, 0.05) is 19.4 Å². The van der Waals surface area contributed by atoms with Gasteiger partial charge >= 0.3 is 12.1 Å². The van der Waals surface area contributed by atoms with Crippen LogP contribution in [0.15, 0.2) is 24.5 Å². The van der Waals surface area contributed by atoms with E-state index >= 15 is 0 Å². The zero-order valence-electron chi connectivity index (χ0n) is 12.4. The van der Waals surface area contributed by atoms with Crippen LogP contribution in [0.2, 0.25) is 5.02 Å². The monoisotopic (exact) mass is 358 g/mol. The van der Waals surface area contributed by atoms with Crippen molar-refractivity contribution in [3.63, 3.8) is 0 Å². The summed E-state index contributed by atoms with van der Waals surface area (Å²) < 4.78 is 47.5. The number of aryl methyl sites for hydroxylation is 1. The zero-order chi connectivity index (χ0) is 17.6. The number of imidazole rings is 1. The molecule has 3 heterocycles. The maximum atomic E-state index is 13.6. The van der Waals surface area contributed by atoms with Crippen molar-refractivity contribution in [3.05, 3.63) is 40.8 Å². The van der Waals surface area contributed by atoms with E-state index in [-0.39, 0.29) is 16.4 Å². The number of fused-ring (bicyclic) bond motifs is 1. The third-order valence-corrected chi connectivity index (χ3v) is 3.75. The number of rotatable bonds is 2. The van der Waals surface area contributed by atoms with Crippen LogP contribution in [0.5, 0.6) is 0 Å². The third kappa shape index (κ3) is 2.41. The van der Waals surface area contributed by atoms with E-state index in [2.05, 4.69) is 14.8 Å². The maximum absolute atomic E-state index is 13.6. The van der Waals surface area contributed by atoms with Crippen LogP contribution in [-0.4, -0.2) is 32.2 Å². The van der Waals surface area contributed by atoms with Gasteiger partial charge < -0.3 is 4.74 Å². The Morgan fingerprint density at radius 3 is 2.67 bits per heavy atom. The number of carbonyl (C=O) groups excluding carboxylic acids is 1. The Hall–Kier alpha value is -2.55. The first kappa shape index (κ1) is 16.3.